The summed E-state index contributed by atoms with van der Waals surface area (Å²) >= 11 is 0. The fraction of sp³-hybridized carbons (Fsp3) is 0.421. The molecule has 1 aromatic carbocycles. The van der Waals surface area contributed by atoms with E-state index in [1.54, 1.807) is 14.0 Å². The molecule has 132 valence electrons. The van der Waals surface area contributed by atoms with E-state index in [0.717, 1.165) is 41.8 Å². The molecule has 0 unspecified atom stereocenters. The monoisotopic (exact) mass is 341 g/mol. The minimum Gasteiger partial charge on any atom is -0.361 e. The van der Waals surface area contributed by atoms with E-state index in [0.29, 0.717) is 12.3 Å². The van der Waals surface area contributed by atoms with Crippen molar-refractivity contribution in [3.05, 3.63) is 46.3 Å². The van der Waals surface area contributed by atoms with Gasteiger partial charge in [-0.3, -0.25) is 9.59 Å². The van der Waals surface area contributed by atoms with Gasteiger partial charge in [-0.15, -0.1) is 0 Å². The molecule has 2 amide bonds. The lowest BCUT2D eigenvalue weighted by Gasteiger charge is -2.21. The van der Waals surface area contributed by atoms with Crippen molar-refractivity contribution in [1.29, 1.82) is 0 Å². The Morgan fingerprint density at radius 3 is 2.72 bits per heavy atom. The molecule has 1 heterocycles. The van der Waals surface area contributed by atoms with Crippen molar-refractivity contribution < 1.29 is 14.1 Å². The maximum Gasteiger partial charge on any atom is 0.313 e. The SMILES string of the molecule is Cc1noc(C)c1CN(C)C(=O)C(=O)Nc1cccc2c1CCCC2. The molecule has 3 rings (SSSR count). The third-order valence-corrected chi connectivity index (χ3v) is 4.76. The molecule has 6 heteroatoms. The summed E-state index contributed by atoms with van der Waals surface area (Å²) in [6.07, 6.45) is 4.25. The molecular formula is C19H23N3O3. The molecule has 0 spiro atoms. The summed E-state index contributed by atoms with van der Waals surface area (Å²) < 4.78 is 5.11. The predicted molar refractivity (Wildman–Crippen MR) is 94.2 cm³/mol. The van der Waals surface area contributed by atoms with E-state index in [1.165, 1.54) is 16.9 Å². The predicted octanol–water partition coefficient (Wildman–Crippen LogP) is 2.77. The lowest BCUT2D eigenvalue weighted by atomic mass is 9.90. The number of fused-ring (bicyclic) bond motifs is 1. The van der Waals surface area contributed by atoms with Crippen LogP contribution in [0, 0.1) is 13.8 Å². The van der Waals surface area contributed by atoms with Crippen molar-refractivity contribution in [1.82, 2.24) is 10.1 Å². The Hall–Kier alpha value is -2.63. The van der Waals surface area contributed by atoms with Gasteiger partial charge in [0, 0.05) is 18.3 Å². The number of carbonyl (C=O) groups is 2. The van der Waals surface area contributed by atoms with Gasteiger partial charge in [-0.1, -0.05) is 17.3 Å². The quantitative estimate of drug-likeness (QED) is 0.871. The maximum atomic E-state index is 12.4. The summed E-state index contributed by atoms with van der Waals surface area (Å²) in [6, 6.07) is 5.89. The average Bonchev–Trinajstić information content (AvgIpc) is 2.93. The average molecular weight is 341 g/mol. The molecule has 1 aromatic heterocycles. The van der Waals surface area contributed by atoms with E-state index in [2.05, 4.69) is 16.5 Å². The Bertz CT molecular complexity index is 791. The summed E-state index contributed by atoms with van der Waals surface area (Å²) in [7, 11) is 1.61. The molecule has 0 aliphatic heterocycles. The molecule has 0 atom stereocenters. The van der Waals surface area contributed by atoms with Gasteiger partial charge in [-0.05, 0) is 56.7 Å². The number of aryl methyl sites for hydroxylation is 3. The Morgan fingerprint density at radius 1 is 1.24 bits per heavy atom. The van der Waals surface area contributed by atoms with Crippen molar-refractivity contribution in [3.8, 4) is 0 Å². The molecule has 2 aromatic rings. The van der Waals surface area contributed by atoms with Crippen LogP contribution < -0.4 is 5.32 Å². The van der Waals surface area contributed by atoms with Crippen LogP contribution in [0.4, 0.5) is 5.69 Å². The molecule has 0 radical (unpaired) electrons. The third kappa shape index (κ3) is 3.57. The molecular weight excluding hydrogens is 318 g/mol. The van der Waals surface area contributed by atoms with Gasteiger partial charge in [0.25, 0.3) is 0 Å². The van der Waals surface area contributed by atoms with E-state index in [1.807, 2.05) is 19.1 Å². The second-order valence-corrected chi connectivity index (χ2v) is 6.57. The highest BCUT2D eigenvalue weighted by atomic mass is 16.5. The highest BCUT2D eigenvalue weighted by Crippen LogP contribution is 2.27. The van der Waals surface area contributed by atoms with Crippen LogP contribution in [0.2, 0.25) is 0 Å². The lowest BCUT2D eigenvalue weighted by Crippen LogP contribution is -2.37. The molecule has 1 aliphatic carbocycles. The maximum absolute atomic E-state index is 12.4. The normalized spacial score (nSPS) is 13.2. The molecule has 6 nitrogen and oxygen atoms in total. The van der Waals surface area contributed by atoms with Crippen LogP contribution in [-0.4, -0.2) is 28.9 Å². The lowest BCUT2D eigenvalue weighted by molar-refractivity contribution is -0.142. The van der Waals surface area contributed by atoms with Crippen molar-refractivity contribution in [2.75, 3.05) is 12.4 Å². The summed E-state index contributed by atoms with van der Waals surface area (Å²) in [5, 5.41) is 6.67. The number of carbonyl (C=O) groups excluding carboxylic acids is 2. The Balaban J connectivity index is 1.70. The number of nitrogens with one attached hydrogen (secondary N) is 1. The van der Waals surface area contributed by atoms with Crippen molar-refractivity contribution in [2.45, 2.75) is 46.1 Å². The number of anilines is 1. The van der Waals surface area contributed by atoms with Crippen LogP contribution in [0.5, 0.6) is 0 Å². The van der Waals surface area contributed by atoms with E-state index in [9.17, 15) is 9.59 Å². The molecule has 0 saturated heterocycles. The second-order valence-electron chi connectivity index (χ2n) is 6.57. The van der Waals surface area contributed by atoms with Crippen LogP contribution in [-0.2, 0) is 29.0 Å². The first-order valence-electron chi connectivity index (χ1n) is 8.56. The van der Waals surface area contributed by atoms with Gasteiger partial charge in [-0.25, -0.2) is 0 Å². The highest BCUT2D eigenvalue weighted by molar-refractivity contribution is 6.39. The van der Waals surface area contributed by atoms with E-state index >= 15 is 0 Å². The molecule has 0 bridgehead atoms. The van der Waals surface area contributed by atoms with Gasteiger partial charge in [0.15, 0.2) is 0 Å². The Morgan fingerprint density at radius 2 is 2.00 bits per heavy atom. The highest BCUT2D eigenvalue weighted by Gasteiger charge is 2.23. The van der Waals surface area contributed by atoms with Gasteiger partial charge in [0.1, 0.15) is 5.76 Å². The first-order valence-corrected chi connectivity index (χ1v) is 8.56. The smallest absolute Gasteiger partial charge is 0.313 e. The largest absolute Gasteiger partial charge is 0.361 e. The van der Waals surface area contributed by atoms with Crippen LogP contribution in [0.3, 0.4) is 0 Å². The molecule has 0 fully saturated rings. The number of likely N-dealkylation sites (N-methyl/N-ethyl adjacent to an activating group) is 1. The van der Waals surface area contributed by atoms with E-state index in [-0.39, 0.29) is 0 Å². The minimum absolute atomic E-state index is 0.292. The second kappa shape index (κ2) is 7.09. The molecule has 1 aliphatic rings. The summed E-state index contributed by atoms with van der Waals surface area (Å²) in [5.74, 6) is -0.531. The van der Waals surface area contributed by atoms with E-state index in [4.69, 9.17) is 4.52 Å². The van der Waals surface area contributed by atoms with Crippen LogP contribution in [0.25, 0.3) is 0 Å². The van der Waals surface area contributed by atoms with Crippen molar-refractivity contribution in [2.24, 2.45) is 0 Å². The number of hydrogen-bond donors (Lipinski definition) is 1. The third-order valence-electron chi connectivity index (χ3n) is 4.76. The zero-order valence-corrected chi connectivity index (χ0v) is 14.9. The number of benzene rings is 1. The van der Waals surface area contributed by atoms with Crippen molar-refractivity contribution in [3.63, 3.8) is 0 Å². The zero-order chi connectivity index (χ0) is 18.0. The number of amides is 2. The number of aromatic nitrogens is 1. The summed E-state index contributed by atoms with van der Waals surface area (Å²) in [5.41, 5.74) is 4.74. The topological polar surface area (TPSA) is 75.4 Å². The number of nitrogens with zero attached hydrogens (tertiary/aromatic N) is 2. The Kier molecular flexibility index (Phi) is 4.88. The fourth-order valence-electron chi connectivity index (χ4n) is 3.28. The molecule has 0 saturated carbocycles. The van der Waals surface area contributed by atoms with E-state index < -0.39 is 11.8 Å². The minimum atomic E-state index is -0.617. The van der Waals surface area contributed by atoms with Gasteiger partial charge in [0.2, 0.25) is 0 Å². The Labute approximate surface area is 147 Å². The van der Waals surface area contributed by atoms with Gasteiger partial charge < -0.3 is 14.7 Å². The number of hydrogen-bond acceptors (Lipinski definition) is 4. The van der Waals surface area contributed by atoms with Gasteiger partial charge >= 0.3 is 11.8 Å². The van der Waals surface area contributed by atoms with Crippen LogP contribution in [0.15, 0.2) is 22.7 Å². The van der Waals surface area contributed by atoms with Gasteiger partial charge in [0.05, 0.1) is 12.2 Å². The van der Waals surface area contributed by atoms with Crippen molar-refractivity contribution >= 4 is 17.5 Å². The van der Waals surface area contributed by atoms with Crippen LogP contribution in [0.1, 0.15) is 41.0 Å². The first-order chi connectivity index (χ1) is 12.0. The fourth-order valence-corrected chi connectivity index (χ4v) is 3.28. The summed E-state index contributed by atoms with van der Waals surface area (Å²) in [6.45, 7) is 3.91. The van der Waals surface area contributed by atoms with Gasteiger partial charge in [-0.2, -0.15) is 0 Å². The standard InChI is InChI=1S/C19H23N3O3/c1-12-16(13(2)25-21-12)11-22(3)19(24)18(23)20-17-10-6-8-14-7-4-5-9-15(14)17/h6,8,10H,4-5,7,9,11H2,1-3H3,(H,20,23). The zero-order valence-electron chi connectivity index (χ0n) is 14.9. The first kappa shape index (κ1) is 17.2. The molecule has 1 N–H and O–H groups in total. The summed E-state index contributed by atoms with van der Waals surface area (Å²) in [4.78, 5) is 26.2. The van der Waals surface area contributed by atoms with Crippen LogP contribution >= 0.6 is 0 Å². The number of rotatable bonds is 3. The molecule has 25 heavy (non-hydrogen) atoms.